The number of rotatable bonds is 5. The summed E-state index contributed by atoms with van der Waals surface area (Å²) in [5, 5.41) is 10.2. The van der Waals surface area contributed by atoms with Gasteiger partial charge in [0, 0.05) is 16.3 Å². The Labute approximate surface area is 138 Å². The summed E-state index contributed by atoms with van der Waals surface area (Å²) in [5.41, 5.74) is 1.66. The van der Waals surface area contributed by atoms with E-state index in [0.29, 0.717) is 17.2 Å². The van der Waals surface area contributed by atoms with Gasteiger partial charge in [0.15, 0.2) is 17.6 Å². The van der Waals surface area contributed by atoms with Crippen molar-refractivity contribution in [3.63, 3.8) is 0 Å². The van der Waals surface area contributed by atoms with E-state index < -0.39 is 0 Å². The van der Waals surface area contributed by atoms with Crippen molar-refractivity contribution in [1.29, 1.82) is 0 Å². The molecule has 0 saturated heterocycles. The van der Waals surface area contributed by atoms with Gasteiger partial charge in [-0.2, -0.15) is 5.10 Å². The molecule has 0 unspecified atom stereocenters. The molecular weight excluding hydrogens is 316 g/mol. The molecular formula is C17H15ClN2O3. The first kappa shape index (κ1) is 15.4. The Hall–Kier alpha value is -2.53. The number of ether oxygens (including phenoxy) is 3. The predicted molar refractivity (Wildman–Crippen MR) is 89.4 cm³/mol. The van der Waals surface area contributed by atoms with Gasteiger partial charge < -0.3 is 14.2 Å². The second kappa shape index (κ2) is 6.71. The average molecular weight is 331 g/mol. The number of halogens is 1. The zero-order chi connectivity index (χ0) is 16.2. The lowest BCUT2D eigenvalue weighted by atomic mass is 10.0. The topological polar surface area (TPSA) is 53.5 Å². The molecule has 118 valence electrons. The first-order valence-electron chi connectivity index (χ1n) is 6.93. The molecule has 0 saturated carbocycles. The van der Waals surface area contributed by atoms with Gasteiger partial charge in [-0.3, -0.25) is 0 Å². The lowest BCUT2D eigenvalue weighted by Gasteiger charge is -2.11. The fraction of sp³-hybridized carbons (Fsp3) is 0.176. The minimum atomic E-state index is 0.104. The van der Waals surface area contributed by atoms with Gasteiger partial charge in [0.05, 0.1) is 20.4 Å². The van der Waals surface area contributed by atoms with E-state index in [1.54, 1.807) is 20.4 Å². The highest BCUT2D eigenvalue weighted by Crippen LogP contribution is 2.34. The second-order valence-corrected chi connectivity index (χ2v) is 4.98. The third-order valence-electron chi connectivity index (χ3n) is 3.51. The summed E-state index contributed by atoms with van der Waals surface area (Å²) in [6, 6.07) is 11.4. The fourth-order valence-electron chi connectivity index (χ4n) is 2.42. The summed E-state index contributed by atoms with van der Waals surface area (Å²) in [4.78, 5) is 0. The molecule has 3 rings (SSSR count). The van der Waals surface area contributed by atoms with Crippen LogP contribution in [0.15, 0.2) is 42.6 Å². The lowest BCUT2D eigenvalue weighted by Crippen LogP contribution is -1.94. The maximum Gasteiger partial charge on any atom is 0.162 e. The van der Waals surface area contributed by atoms with Crippen molar-refractivity contribution in [3.8, 4) is 28.5 Å². The fourth-order valence-corrected chi connectivity index (χ4v) is 2.54. The molecule has 0 N–H and O–H groups in total. The number of nitrogens with zero attached hydrogens (tertiary/aromatic N) is 2. The van der Waals surface area contributed by atoms with Crippen LogP contribution in [-0.4, -0.2) is 30.5 Å². The van der Waals surface area contributed by atoms with Crippen LogP contribution in [-0.2, 0) is 0 Å². The standard InChI is InChI=1S/C17H15ClN2O3/c1-21-15-6-3-11(8-16(15)22-2)17-14-5-4-13(23-10-18)7-12(14)9-19-20-17/h3-9H,10H2,1-2H3. The minimum Gasteiger partial charge on any atom is -0.493 e. The number of hydrogen-bond donors (Lipinski definition) is 0. The molecule has 0 spiro atoms. The number of aromatic nitrogens is 2. The van der Waals surface area contributed by atoms with E-state index in [2.05, 4.69) is 10.2 Å². The smallest absolute Gasteiger partial charge is 0.162 e. The van der Waals surface area contributed by atoms with E-state index in [1.807, 2.05) is 36.4 Å². The molecule has 0 aliphatic heterocycles. The highest BCUT2D eigenvalue weighted by molar-refractivity contribution is 6.17. The Kier molecular flexibility index (Phi) is 4.48. The number of methoxy groups -OCH3 is 2. The van der Waals surface area contributed by atoms with E-state index in [1.165, 1.54) is 0 Å². The quantitative estimate of drug-likeness (QED) is 0.664. The van der Waals surface area contributed by atoms with E-state index >= 15 is 0 Å². The second-order valence-electron chi connectivity index (χ2n) is 4.77. The van der Waals surface area contributed by atoms with Crippen LogP contribution in [0, 0.1) is 0 Å². The van der Waals surface area contributed by atoms with Crippen LogP contribution in [0.5, 0.6) is 17.2 Å². The van der Waals surface area contributed by atoms with Crippen molar-refractivity contribution < 1.29 is 14.2 Å². The molecule has 2 aromatic carbocycles. The van der Waals surface area contributed by atoms with Gasteiger partial charge in [-0.1, -0.05) is 11.6 Å². The van der Waals surface area contributed by atoms with E-state index in [9.17, 15) is 0 Å². The largest absolute Gasteiger partial charge is 0.493 e. The number of benzene rings is 2. The summed E-state index contributed by atoms with van der Waals surface area (Å²) in [6.45, 7) is 0. The maximum absolute atomic E-state index is 5.60. The van der Waals surface area contributed by atoms with Crippen LogP contribution in [0.2, 0.25) is 0 Å². The van der Waals surface area contributed by atoms with Crippen LogP contribution in [0.3, 0.4) is 0 Å². The minimum absolute atomic E-state index is 0.104. The first-order valence-corrected chi connectivity index (χ1v) is 7.47. The summed E-state index contributed by atoms with van der Waals surface area (Å²) in [6.07, 6.45) is 1.70. The van der Waals surface area contributed by atoms with Crippen molar-refractivity contribution in [2.75, 3.05) is 20.3 Å². The number of hydrogen-bond acceptors (Lipinski definition) is 5. The highest BCUT2D eigenvalue weighted by Gasteiger charge is 2.11. The third-order valence-corrected chi connectivity index (χ3v) is 3.62. The van der Waals surface area contributed by atoms with Gasteiger partial charge in [0.25, 0.3) is 0 Å². The van der Waals surface area contributed by atoms with Crippen molar-refractivity contribution in [1.82, 2.24) is 10.2 Å². The van der Waals surface area contributed by atoms with Gasteiger partial charge in [-0.25, -0.2) is 0 Å². The van der Waals surface area contributed by atoms with E-state index in [4.69, 9.17) is 25.8 Å². The van der Waals surface area contributed by atoms with Crippen LogP contribution in [0.25, 0.3) is 22.0 Å². The third kappa shape index (κ3) is 3.00. The molecule has 3 aromatic rings. The predicted octanol–water partition coefficient (Wildman–Crippen LogP) is 3.89. The highest BCUT2D eigenvalue weighted by atomic mass is 35.5. The van der Waals surface area contributed by atoms with Gasteiger partial charge >= 0.3 is 0 Å². The molecule has 5 nitrogen and oxygen atoms in total. The van der Waals surface area contributed by atoms with Gasteiger partial charge in [0.1, 0.15) is 11.4 Å². The van der Waals surface area contributed by atoms with Crippen LogP contribution < -0.4 is 14.2 Å². The Balaban J connectivity index is 2.12. The first-order chi connectivity index (χ1) is 11.3. The Morgan fingerprint density at radius 2 is 1.83 bits per heavy atom. The molecule has 0 radical (unpaired) electrons. The molecule has 0 aliphatic rings. The van der Waals surface area contributed by atoms with Crippen LogP contribution in [0.1, 0.15) is 0 Å². The molecule has 1 heterocycles. The molecule has 0 atom stereocenters. The summed E-state index contributed by atoms with van der Waals surface area (Å²) < 4.78 is 15.9. The summed E-state index contributed by atoms with van der Waals surface area (Å²) in [7, 11) is 3.21. The van der Waals surface area contributed by atoms with E-state index in [0.717, 1.165) is 22.0 Å². The zero-order valence-electron chi connectivity index (χ0n) is 12.7. The molecule has 6 heteroatoms. The van der Waals surface area contributed by atoms with Crippen molar-refractivity contribution >= 4 is 22.4 Å². The van der Waals surface area contributed by atoms with Gasteiger partial charge in [0.2, 0.25) is 0 Å². The Morgan fingerprint density at radius 3 is 2.57 bits per heavy atom. The normalized spacial score (nSPS) is 10.6. The van der Waals surface area contributed by atoms with Crippen molar-refractivity contribution in [3.05, 3.63) is 42.6 Å². The SMILES string of the molecule is COc1ccc(-c2nncc3cc(OCCl)ccc23)cc1OC. The van der Waals surface area contributed by atoms with Crippen molar-refractivity contribution in [2.24, 2.45) is 0 Å². The van der Waals surface area contributed by atoms with Crippen LogP contribution >= 0.6 is 11.6 Å². The monoisotopic (exact) mass is 330 g/mol. The molecule has 23 heavy (non-hydrogen) atoms. The lowest BCUT2D eigenvalue weighted by molar-refractivity contribution is 0.355. The molecule has 1 aromatic heterocycles. The Bertz CT molecular complexity index is 839. The molecule has 0 amide bonds. The summed E-state index contributed by atoms with van der Waals surface area (Å²) >= 11 is 5.60. The average Bonchev–Trinajstić information content (AvgIpc) is 2.60. The van der Waals surface area contributed by atoms with E-state index in [-0.39, 0.29) is 6.07 Å². The molecule has 0 bridgehead atoms. The number of alkyl halides is 1. The molecule has 0 fully saturated rings. The Morgan fingerprint density at radius 1 is 1.00 bits per heavy atom. The van der Waals surface area contributed by atoms with Gasteiger partial charge in [-0.05, 0) is 36.4 Å². The van der Waals surface area contributed by atoms with Crippen LogP contribution in [0.4, 0.5) is 0 Å². The van der Waals surface area contributed by atoms with Gasteiger partial charge in [-0.15, -0.1) is 5.10 Å². The molecule has 0 aliphatic carbocycles. The number of fused-ring (bicyclic) bond motifs is 1. The zero-order valence-corrected chi connectivity index (χ0v) is 13.5. The summed E-state index contributed by atoms with van der Waals surface area (Å²) in [5.74, 6) is 2.01. The van der Waals surface area contributed by atoms with Crippen molar-refractivity contribution in [2.45, 2.75) is 0 Å². The maximum atomic E-state index is 5.60.